The normalized spacial score (nSPS) is 19.8. The number of alkyl halides is 2. The molecule has 1 saturated heterocycles. The van der Waals surface area contributed by atoms with Crippen LogP contribution in [0.15, 0.2) is 36.0 Å². The van der Waals surface area contributed by atoms with Crippen molar-refractivity contribution in [2.45, 2.75) is 38.5 Å². The van der Waals surface area contributed by atoms with E-state index in [1.165, 1.54) is 22.3 Å². The Kier molecular flexibility index (Phi) is 5.89. The van der Waals surface area contributed by atoms with Crippen molar-refractivity contribution in [2.75, 3.05) is 19.6 Å². The maximum absolute atomic E-state index is 12.5. The molecule has 5 nitrogen and oxygen atoms in total. The predicted molar refractivity (Wildman–Crippen MR) is 107 cm³/mol. The van der Waals surface area contributed by atoms with Crippen LogP contribution >= 0.6 is 11.3 Å². The van der Waals surface area contributed by atoms with E-state index in [0.29, 0.717) is 12.6 Å². The molecule has 5 rings (SSSR count). The minimum atomic E-state index is -2.27. The smallest absolute Gasteiger partial charge is 0.251 e. The van der Waals surface area contributed by atoms with Crippen LogP contribution in [0.2, 0.25) is 0 Å². The number of hydrogen-bond acceptors (Lipinski definition) is 5. The summed E-state index contributed by atoms with van der Waals surface area (Å²) in [5.74, 6) is 0. The van der Waals surface area contributed by atoms with E-state index < -0.39 is 6.43 Å². The Morgan fingerprint density at radius 2 is 2.14 bits per heavy atom. The minimum Gasteiger partial charge on any atom is -0.477 e. The summed E-state index contributed by atoms with van der Waals surface area (Å²) in [4.78, 5) is 9.11. The minimum absolute atomic E-state index is 0.143. The third-order valence-electron chi connectivity index (χ3n) is 5.20. The molecule has 2 aliphatic rings. The van der Waals surface area contributed by atoms with Gasteiger partial charge in [-0.15, -0.1) is 0 Å². The number of thiazole rings is 1. The number of hydrogen-bond donors (Lipinski definition) is 2. The van der Waals surface area contributed by atoms with Gasteiger partial charge in [0.25, 0.3) is 6.43 Å². The van der Waals surface area contributed by atoms with Gasteiger partial charge in [0.05, 0.1) is 18.3 Å². The Labute approximate surface area is 166 Å². The van der Waals surface area contributed by atoms with Crippen LogP contribution in [-0.4, -0.2) is 53.1 Å². The molecule has 1 aromatic carbocycles. The number of aromatic nitrogens is 2. The topological polar surface area (TPSA) is 53.2 Å². The van der Waals surface area contributed by atoms with Gasteiger partial charge in [-0.3, -0.25) is 4.90 Å². The Bertz CT molecular complexity index is 895. The van der Waals surface area contributed by atoms with Crippen molar-refractivity contribution in [1.82, 2.24) is 20.2 Å². The van der Waals surface area contributed by atoms with Crippen LogP contribution in [0.1, 0.15) is 18.2 Å². The lowest BCUT2D eigenvalue weighted by Gasteiger charge is -2.33. The fraction of sp³-hybridized carbons (Fsp3) is 0.450. The molecule has 4 heterocycles. The van der Waals surface area contributed by atoms with Crippen molar-refractivity contribution in [1.29, 1.82) is 0 Å². The molecule has 0 radical (unpaired) electrons. The SMILES string of the molecule is CC1Cc2c([nH]c3ccccc23)CN1CC(F)F.c1ncc(OC2CNC2)s1. The first-order valence-corrected chi connectivity index (χ1v) is 10.3. The molecular formula is C20H24F2N4OS. The molecule has 1 fully saturated rings. The number of para-hydroxylation sites is 1. The number of aromatic amines is 1. The van der Waals surface area contributed by atoms with Crippen molar-refractivity contribution in [3.8, 4) is 5.06 Å². The van der Waals surface area contributed by atoms with Gasteiger partial charge in [0.1, 0.15) is 6.10 Å². The van der Waals surface area contributed by atoms with E-state index in [1.54, 1.807) is 11.7 Å². The van der Waals surface area contributed by atoms with Gasteiger partial charge in [-0.2, -0.15) is 0 Å². The van der Waals surface area contributed by atoms with E-state index in [0.717, 1.165) is 35.8 Å². The zero-order valence-electron chi connectivity index (χ0n) is 15.7. The number of nitrogens with one attached hydrogen (secondary N) is 2. The molecule has 2 aliphatic heterocycles. The molecule has 2 N–H and O–H groups in total. The van der Waals surface area contributed by atoms with E-state index in [-0.39, 0.29) is 12.6 Å². The van der Waals surface area contributed by atoms with Gasteiger partial charge in [0.2, 0.25) is 0 Å². The zero-order chi connectivity index (χ0) is 19.5. The zero-order valence-corrected chi connectivity index (χ0v) is 16.5. The number of ether oxygens (including phenoxy) is 1. The summed E-state index contributed by atoms with van der Waals surface area (Å²) in [6.07, 6.45) is 0.702. The average Bonchev–Trinajstić information content (AvgIpc) is 3.26. The summed E-state index contributed by atoms with van der Waals surface area (Å²) in [5.41, 5.74) is 5.27. The maximum atomic E-state index is 12.5. The highest BCUT2D eigenvalue weighted by molar-refractivity contribution is 7.11. The molecule has 0 bridgehead atoms. The third kappa shape index (κ3) is 4.34. The second-order valence-electron chi connectivity index (χ2n) is 7.22. The number of rotatable bonds is 4. The van der Waals surface area contributed by atoms with Gasteiger partial charge in [0, 0.05) is 42.3 Å². The van der Waals surface area contributed by atoms with Crippen LogP contribution in [0, 0.1) is 0 Å². The van der Waals surface area contributed by atoms with Crippen LogP contribution in [0.25, 0.3) is 10.9 Å². The van der Waals surface area contributed by atoms with Crippen LogP contribution in [-0.2, 0) is 13.0 Å². The number of H-pyrrole nitrogens is 1. The van der Waals surface area contributed by atoms with Gasteiger partial charge in [-0.25, -0.2) is 13.8 Å². The summed E-state index contributed by atoms with van der Waals surface area (Å²) in [7, 11) is 0. The number of halogens is 2. The summed E-state index contributed by atoms with van der Waals surface area (Å²) < 4.78 is 30.5. The molecule has 0 spiro atoms. The van der Waals surface area contributed by atoms with Gasteiger partial charge in [-0.1, -0.05) is 29.5 Å². The molecule has 0 amide bonds. The molecular weight excluding hydrogens is 382 g/mol. The monoisotopic (exact) mass is 406 g/mol. The third-order valence-corrected chi connectivity index (χ3v) is 5.86. The molecule has 0 aliphatic carbocycles. The largest absolute Gasteiger partial charge is 0.477 e. The second-order valence-corrected chi connectivity index (χ2v) is 8.07. The lowest BCUT2D eigenvalue weighted by Crippen LogP contribution is -2.50. The van der Waals surface area contributed by atoms with Crippen LogP contribution in [0.3, 0.4) is 0 Å². The van der Waals surface area contributed by atoms with Crippen LogP contribution in [0.5, 0.6) is 5.06 Å². The first-order valence-electron chi connectivity index (χ1n) is 9.46. The summed E-state index contributed by atoms with van der Waals surface area (Å²) in [6.45, 7) is 4.41. The number of fused-ring (bicyclic) bond motifs is 3. The highest BCUT2D eigenvalue weighted by Crippen LogP contribution is 2.30. The Morgan fingerprint density at radius 1 is 1.32 bits per heavy atom. The van der Waals surface area contributed by atoms with Crippen LogP contribution < -0.4 is 10.1 Å². The van der Waals surface area contributed by atoms with Crippen molar-refractivity contribution in [3.63, 3.8) is 0 Å². The highest BCUT2D eigenvalue weighted by atomic mass is 32.1. The molecule has 28 heavy (non-hydrogen) atoms. The molecule has 0 saturated carbocycles. The van der Waals surface area contributed by atoms with Crippen molar-refractivity contribution >= 4 is 22.2 Å². The maximum Gasteiger partial charge on any atom is 0.251 e. The molecule has 2 aromatic heterocycles. The Hall–Kier alpha value is -2.03. The summed E-state index contributed by atoms with van der Waals surface area (Å²) >= 11 is 1.54. The highest BCUT2D eigenvalue weighted by Gasteiger charge is 2.27. The van der Waals surface area contributed by atoms with Gasteiger partial charge in [0.15, 0.2) is 5.06 Å². The van der Waals surface area contributed by atoms with E-state index in [9.17, 15) is 8.78 Å². The number of nitrogens with zero attached hydrogens (tertiary/aromatic N) is 2. The van der Waals surface area contributed by atoms with E-state index in [4.69, 9.17) is 4.74 Å². The lowest BCUT2D eigenvalue weighted by molar-refractivity contribution is 0.0597. The Morgan fingerprint density at radius 3 is 2.82 bits per heavy atom. The first-order chi connectivity index (χ1) is 13.6. The molecule has 1 atom stereocenters. The summed E-state index contributed by atoms with van der Waals surface area (Å²) in [6, 6.07) is 8.32. The molecule has 1 unspecified atom stereocenters. The van der Waals surface area contributed by atoms with Gasteiger partial charge < -0.3 is 15.0 Å². The summed E-state index contributed by atoms with van der Waals surface area (Å²) in [5, 5.41) is 5.29. The van der Waals surface area contributed by atoms with Crippen molar-refractivity contribution in [2.24, 2.45) is 0 Å². The molecule has 8 heteroatoms. The predicted octanol–water partition coefficient (Wildman–Crippen LogP) is 3.67. The fourth-order valence-corrected chi connectivity index (χ4v) is 4.14. The fourth-order valence-electron chi connectivity index (χ4n) is 3.60. The molecule has 3 aromatic rings. The van der Waals surface area contributed by atoms with E-state index in [1.807, 2.05) is 30.0 Å². The average molecular weight is 407 g/mol. The first kappa shape index (κ1) is 19.3. The Balaban J connectivity index is 0.000000162. The lowest BCUT2D eigenvalue weighted by atomic mass is 9.98. The van der Waals surface area contributed by atoms with Gasteiger partial charge >= 0.3 is 0 Å². The standard InChI is InChI=1S/C14H16F2N2.C6H8N2OS/c1-9-6-11-10-4-2-3-5-12(10)17-13(11)7-18(9)8-14(15)16;1-5(2-7-1)9-6-3-8-4-10-6/h2-5,9,14,17H,6-8H2,1H3;3-5,7H,1-2H2. The van der Waals surface area contributed by atoms with Crippen molar-refractivity contribution in [3.05, 3.63) is 47.2 Å². The second kappa shape index (κ2) is 8.55. The van der Waals surface area contributed by atoms with E-state index in [2.05, 4.69) is 21.4 Å². The van der Waals surface area contributed by atoms with Crippen LogP contribution in [0.4, 0.5) is 8.78 Å². The number of benzene rings is 1. The van der Waals surface area contributed by atoms with Crippen molar-refractivity contribution < 1.29 is 13.5 Å². The molecule has 150 valence electrons. The van der Waals surface area contributed by atoms with E-state index >= 15 is 0 Å². The quantitative estimate of drug-likeness (QED) is 0.694. The van der Waals surface area contributed by atoms with Gasteiger partial charge in [-0.05, 0) is 25.0 Å².